The van der Waals surface area contributed by atoms with Crippen LogP contribution in [0.2, 0.25) is 0 Å². The lowest BCUT2D eigenvalue weighted by atomic mass is 9.99. The zero-order valence-corrected chi connectivity index (χ0v) is 10.3. The van der Waals surface area contributed by atoms with Crippen molar-refractivity contribution >= 4 is 11.9 Å². The second-order valence-electron chi connectivity index (χ2n) is 4.08. The second kappa shape index (κ2) is 6.06. The highest BCUT2D eigenvalue weighted by atomic mass is 19.4. The van der Waals surface area contributed by atoms with Crippen molar-refractivity contribution in [2.24, 2.45) is 0 Å². The van der Waals surface area contributed by atoms with E-state index < -0.39 is 36.4 Å². The van der Waals surface area contributed by atoms with Gasteiger partial charge in [0.25, 0.3) is 5.91 Å². The van der Waals surface area contributed by atoms with E-state index in [-0.39, 0.29) is 5.56 Å². The first kappa shape index (κ1) is 16.9. The minimum absolute atomic E-state index is 0.167. The first-order valence-corrected chi connectivity index (χ1v) is 5.58. The van der Waals surface area contributed by atoms with E-state index in [0.717, 1.165) is 0 Å². The summed E-state index contributed by atoms with van der Waals surface area (Å²) in [5, 5.41) is 10.3. The first-order valence-electron chi connectivity index (χ1n) is 5.58. The lowest BCUT2D eigenvalue weighted by Gasteiger charge is -2.20. The van der Waals surface area contributed by atoms with E-state index in [1.54, 1.807) is 6.07 Å². The quantitative estimate of drug-likeness (QED) is 0.819. The Morgan fingerprint density at radius 3 is 2.05 bits per heavy atom. The van der Waals surface area contributed by atoms with Crippen LogP contribution in [-0.2, 0) is 9.59 Å². The van der Waals surface area contributed by atoms with Gasteiger partial charge in [0.05, 0.1) is 5.92 Å². The maximum Gasteiger partial charge on any atom is 0.463 e. The van der Waals surface area contributed by atoms with Crippen molar-refractivity contribution in [2.75, 3.05) is 6.54 Å². The van der Waals surface area contributed by atoms with Gasteiger partial charge in [0, 0.05) is 6.54 Å². The summed E-state index contributed by atoms with van der Waals surface area (Å²) in [6, 6.07) is 7.22. The lowest BCUT2D eigenvalue weighted by Crippen LogP contribution is -2.51. The summed E-state index contributed by atoms with van der Waals surface area (Å²) in [5.41, 5.74) is 0.167. The molecule has 1 amide bonds. The van der Waals surface area contributed by atoms with Crippen LogP contribution < -0.4 is 5.32 Å². The van der Waals surface area contributed by atoms with Gasteiger partial charge in [-0.2, -0.15) is 22.0 Å². The van der Waals surface area contributed by atoms with Crippen LogP contribution in [0.4, 0.5) is 22.0 Å². The number of benzene rings is 1. The van der Waals surface area contributed by atoms with Crippen molar-refractivity contribution in [1.82, 2.24) is 5.32 Å². The molecule has 0 saturated heterocycles. The highest BCUT2D eigenvalue weighted by Gasteiger charge is 2.63. The van der Waals surface area contributed by atoms with Crippen molar-refractivity contribution in [2.45, 2.75) is 18.0 Å². The predicted molar refractivity (Wildman–Crippen MR) is 60.8 cm³/mol. The van der Waals surface area contributed by atoms with Crippen molar-refractivity contribution in [3.8, 4) is 0 Å². The minimum atomic E-state index is -6.04. The summed E-state index contributed by atoms with van der Waals surface area (Å²) < 4.78 is 61.3. The fourth-order valence-electron chi connectivity index (χ4n) is 1.47. The van der Waals surface area contributed by atoms with E-state index >= 15 is 0 Å². The maximum absolute atomic E-state index is 12.7. The third-order valence-electron chi connectivity index (χ3n) is 2.61. The maximum atomic E-state index is 12.7. The summed E-state index contributed by atoms with van der Waals surface area (Å²) in [7, 11) is 0. The second-order valence-corrected chi connectivity index (χ2v) is 4.08. The number of carboxylic acid groups (broad SMARTS) is 1. The van der Waals surface area contributed by atoms with Crippen molar-refractivity contribution < 1.29 is 36.6 Å². The predicted octanol–water partition coefficient (Wildman–Crippen LogP) is 2.17. The molecule has 0 heterocycles. The van der Waals surface area contributed by atoms with Crippen LogP contribution in [0, 0.1) is 0 Å². The Bertz CT molecular complexity index is 515. The minimum Gasteiger partial charge on any atom is -0.481 e. The van der Waals surface area contributed by atoms with Gasteiger partial charge < -0.3 is 10.4 Å². The molecular formula is C12H10F5NO3. The number of alkyl halides is 5. The molecule has 0 fully saturated rings. The summed E-state index contributed by atoms with van der Waals surface area (Å²) >= 11 is 0. The van der Waals surface area contributed by atoms with Crippen LogP contribution in [0.1, 0.15) is 11.5 Å². The zero-order chi connectivity index (χ0) is 16.3. The Morgan fingerprint density at radius 2 is 1.62 bits per heavy atom. The van der Waals surface area contributed by atoms with Gasteiger partial charge >= 0.3 is 18.1 Å². The van der Waals surface area contributed by atoms with Crippen LogP contribution in [0.5, 0.6) is 0 Å². The summed E-state index contributed by atoms with van der Waals surface area (Å²) in [4.78, 5) is 21.9. The highest BCUT2D eigenvalue weighted by Crippen LogP contribution is 2.35. The van der Waals surface area contributed by atoms with Gasteiger partial charge in [-0.05, 0) is 5.56 Å². The van der Waals surface area contributed by atoms with Gasteiger partial charge in [-0.1, -0.05) is 30.3 Å². The molecule has 0 radical (unpaired) electrons. The molecule has 116 valence electrons. The van der Waals surface area contributed by atoms with E-state index in [1.165, 1.54) is 29.6 Å². The standard InChI is InChI=1S/C12H10F5NO3/c13-11(14,12(15,16)17)10(21)18-6-8(9(19)20)7-4-2-1-3-5-7/h1-5,8H,6H2,(H,18,21)(H,19,20). The van der Waals surface area contributed by atoms with E-state index in [2.05, 4.69) is 0 Å². The molecule has 21 heavy (non-hydrogen) atoms. The third-order valence-corrected chi connectivity index (χ3v) is 2.61. The number of aliphatic carboxylic acids is 1. The van der Waals surface area contributed by atoms with Crippen LogP contribution >= 0.6 is 0 Å². The third kappa shape index (κ3) is 3.89. The summed E-state index contributed by atoms with van der Waals surface area (Å²) in [5.74, 6) is -11.1. The van der Waals surface area contributed by atoms with Crippen LogP contribution in [0.25, 0.3) is 0 Å². The first-order chi connectivity index (χ1) is 9.57. The van der Waals surface area contributed by atoms with Gasteiger partial charge in [-0.3, -0.25) is 9.59 Å². The number of amides is 1. The Balaban J connectivity index is 2.80. The molecule has 0 aliphatic carbocycles. The lowest BCUT2D eigenvalue weighted by molar-refractivity contribution is -0.269. The van der Waals surface area contributed by atoms with Crippen LogP contribution in [0.15, 0.2) is 30.3 Å². The number of carbonyl (C=O) groups excluding carboxylic acids is 1. The number of rotatable bonds is 5. The number of carbonyl (C=O) groups is 2. The molecule has 1 atom stereocenters. The van der Waals surface area contributed by atoms with Gasteiger partial charge in [-0.15, -0.1) is 0 Å². The topological polar surface area (TPSA) is 66.4 Å². The molecule has 1 aromatic carbocycles. The molecule has 1 aromatic rings. The number of halogens is 5. The molecular weight excluding hydrogens is 301 g/mol. The fraction of sp³-hybridized carbons (Fsp3) is 0.333. The monoisotopic (exact) mass is 311 g/mol. The molecule has 4 nitrogen and oxygen atoms in total. The number of hydrogen-bond acceptors (Lipinski definition) is 2. The zero-order valence-electron chi connectivity index (χ0n) is 10.3. The van der Waals surface area contributed by atoms with E-state index in [0.29, 0.717) is 0 Å². The summed E-state index contributed by atoms with van der Waals surface area (Å²) in [6.45, 7) is -0.885. The van der Waals surface area contributed by atoms with Gasteiger partial charge in [0.15, 0.2) is 0 Å². The summed E-state index contributed by atoms with van der Waals surface area (Å²) in [6.07, 6.45) is -6.04. The molecule has 0 aliphatic rings. The molecule has 1 unspecified atom stereocenters. The number of nitrogens with one attached hydrogen (secondary N) is 1. The van der Waals surface area contributed by atoms with E-state index in [9.17, 15) is 31.5 Å². The SMILES string of the molecule is O=C(O)C(CNC(=O)C(F)(F)C(F)(F)F)c1ccccc1. The fourth-order valence-corrected chi connectivity index (χ4v) is 1.47. The Hall–Kier alpha value is -2.19. The largest absolute Gasteiger partial charge is 0.481 e. The molecule has 0 spiro atoms. The molecule has 1 rings (SSSR count). The van der Waals surface area contributed by atoms with Gasteiger partial charge in [-0.25, -0.2) is 0 Å². The molecule has 0 aliphatic heterocycles. The van der Waals surface area contributed by atoms with Crippen molar-refractivity contribution in [3.05, 3.63) is 35.9 Å². The molecule has 9 heteroatoms. The highest BCUT2D eigenvalue weighted by molar-refractivity contribution is 5.85. The van der Waals surface area contributed by atoms with E-state index in [4.69, 9.17) is 5.11 Å². The molecule has 2 N–H and O–H groups in total. The Labute approximate surface area is 115 Å². The van der Waals surface area contributed by atoms with Crippen LogP contribution in [0.3, 0.4) is 0 Å². The van der Waals surface area contributed by atoms with Crippen LogP contribution in [-0.4, -0.2) is 35.6 Å². The van der Waals surface area contributed by atoms with Crippen molar-refractivity contribution in [1.29, 1.82) is 0 Å². The molecule has 0 aromatic heterocycles. The molecule has 0 bridgehead atoms. The Morgan fingerprint density at radius 1 is 1.10 bits per heavy atom. The van der Waals surface area contributed by atoms with Gasteiger partial charge in [0.2, 0.25) is 0 Å². The smallest absolute Gasteiger partial charge is 0.463 e. The number of hydrogen-bond donors (Lipinski definition) is 2. The van der Waals surface area contributed by atoms with Gasteiger partial charge in [0.1, 0.15) is 0 Å². The Kier molecular flexibility index (Phi) is 4.87. The average Bonchev–Trinajstić information content (AvgIpc) is 2.38. The van der Waals surface area contributed by atoms with E-state index in [1.807, 2.05) is 0 Å². The average molecular weight is 311 g/mol. The van der Waals surface area contributed by atoms with Crippen molar-refractivity contribution in [3.63, 3.8) is 0 Å². The molecule has 0 saturated carbocycles. The normalized spacial score (nSPS) is 13.6. The number of carboxylic acids is 1.